The number of halogens is 2. The van der Waals surface area contributed by atoms with Gasteiger partial charge in [0.05, 0.1) is 12.8 Å². The Hall–Kier alpha value is -3.35. The molecular weight excluding hydrogens is 435 g/mol. The number of hydrogen-bond acceptors (Lipinski definition) is 4. The van der Waals surface area contributed by atoms with Crippen molar-refractivity contribution in [2.75, 3.05) is 12.4 Å². The lowest BCUT2D eigenvalue weighted by Crippen LogP contribution is -2.14. The Kier molecular flexibility index (Phi) is 5.93. The zero-order chi connectivity index (χ0) is 22.0. The normalized spacial score (nSPS) is 10.7. The molecule has 1 heterocycles. The molecule has 4 rings (SSSR count). The van der Waals surface area contributed by atoms with Crippen LogP contribution in [-0.4, -0.2) is 27.8 Å². The summed E-state index contributed by atoms with van der Waals surface area (Å²) >= 11 is 12.3. The highest BCUT2D eigenvalue weighted by molar-refractivity contribution is 6.31. The molecule has 6 nitrogen and oxygen atoms in total. The van der Waals surface area contributed by atoms with E-state index in [1.807, 2.05) is 49.4 Å². The fourth-order valence-electron chi connectivity index (χ4n) is 2.98. The first-order chi connectivity index (χ1) is 14.9. The predicted octanol–water partition coefficient (Wildman–Crippen LogP) is 5.81. The molecular formula is C23H18Cl2N4O2. The van der Waals surface area contributed by atoms with Crippen molar-refractivity contribution in [2.24, 2.45) is 0 Å². The maximum Gasteiger partial charge on any atom is 0.295 e. The first-order valence-corrected chi connectivity index (χ1v) is 10.1. The van der Waals surface area contributed by atoms with Crippen LogP contribution in [0.15, 0.2) is 66.7 Å². The van der Waals surface area contributed by atoms with Crippen molar-refractivity contribution in [2.45, 2.75) is 6.92 Å². The van der Waals surface area contributed by atoms with Gasteiger partial charge in [-0.05, 0) is 61.0 Å². The number of carbonyl (C=O) groups is 1. The van der Waals surface area contributed by atoms with Gasteiger partial charge in [0.2, 0.25) is 5.82 Å². The van der Waals surface area contributed by atoms with Crippen molar-refractivity contribution in [3.63, 3.8) is 0 Å². The molecule has 0 atom stereocenters. The van der Waals surface area contributed by atoms with Crippen LogP contribution in [0.5, 0.6) is 5.75 Å². The van der Waals surface area contributed by atoms with E-state index in [9.17, 15) is 4.79 Å². The molecule has 0 aliphatic carbocycles. The predicted molar refractivity (Wildman–Crippen MR) is 122 cm³/mol. The van der Waals surface area contributed by atoms with E-state index in [4.69, 9.17) is 27.9 Å². The first-order valence-electron chi connectivity index (χ1n) is 9.39. The minimum Gasteiger partial charge on any atom is -0.497 e. The second-order valence-electron chi connectivity index (χ2n) is 6.80. The lowest BCUT2D eigenvalue weighted by molar-refractivity contribution is 0.101. The molecule has 1 aromatic heterocycles. The first kappa shape index (κ1) is 20.9. The summed E-state index contributed by atoms with van der Waals surface area (Å²) in [6.45, 7) is 1.89. The topological polar surface area (TPSA) is 69.0 Å². The van der Waals surface area contributed by atoms with Gasteiger partial charge in [-0.1, -0.05) is 41.4 Å². The van der Waals surface area contributed by atoms with Gasteiger partial charge in [-0.15, -0.1) is 5.10 Å². The van der Waals surface area contributed by atoms with Crippen molar-refractivity contribution in [1.29, 1.82) is 0 Å². The van der Waals surface area contributed by atoms with Crippen molar-refractivity contribution >= 4 is 34.8 Å². The third kappa shape index (κ3) is 4.55. The molecule has 0 spiro atoms. The van der Waals surface area contributed by atoms with E-state index in [-0.39, 0.29) is 5.82 Å². The number of anilines is 1. The van der Waals surface area contributed by atoms with Crippen LogP contribution in [0.4, 0.5) is 5.69 Å². The number of benzene rings is 3. The molecule has 0 fully saturated rings. The highest BCUT2D eigenvalue weighted by Crippen LogP contribution is 2.26. The molecule has 4 aromatic rings. The minimum absolute atomic E-state index is 0.0162. The van der Waals surface area contributed by atoms with Crippen LogP contribution >= 0.6 is 23.2 Å². The lowest BCUT2D eigenvalue weighted by Gasteiger charge is -2.07. The van der Waals surface area contributed by atoms with Gasteiger partial charge in [-0.25, -0.2) is 9.67 Å². The van der Waals surface area contributed by atoms with E-state index in [2.05, 4.69) is 15.4 Å². The van der Waals surface area contributed by atoms with Gasteiger partial charge in [0.25, 0.3) is 5.91 Å². The molecule has 0 radical (unpaired) electrons. The van der Waals surface area contributed by atoms with Gasteiger partial charge in [-0.2, -0.15) is 0 Å². The Labute approximate surface area is 189 Å². The summed E-state index contributed by atoms with van der Waals surface area (Å²) in [6.07, 6.45) is 0. The van der Waals surface area contributed by atoms with Gasteiger partial charge in [-0.3, -0.25) is 4.79 Å². The summed E-state index contributed by atoms with van der Waals surface area (Å²) in [4.78, 5) is 17.4. The summed E-state index contributed by atoms with van der Waals surface area (Å²) in [5, 5.41) is 8.37. The van der Waals surface area contributed by atoms with Crippen molar-refractivity contribution in [3.8, 4) is 22.8 Å². The number of nitrogens with one attached hydrogen (secondary N) is 1. The molecule has 0 unspecified atom stereocenters. The molecule has 1 amide bonds. The molecule has 0 aliphatic heterocycles. The van der Waals surface area contributed by atoms with Crippen LogP contribution in [0.2, 0.25) is 10.0 Å². The monoisotopic (exact) mass is 452 g/mol. The summed E-state index contributed by atoms with van der Waals surface area (Å²) in [5.41, 5.74) is 2.93. The summed E-state index contributed by atoms with van der Waals surface area (Å²) < 4.78 is 6.83. The maximum absolute atomic E-state index is 12.9. The number of ether oxygens (including phenoxy) is 1. The van der Waals surface area contributed by atoms with E-state index >= 15 is 0 Å². The van der Waals surface area contributed by atoms with Crippen molar-refractivity contribution < 1.29 is 9.53 Å². The molecule has 0 bridgehead atoms. The molecule has 0 saturated carbocycles. The summed E-state index contributed by atoms with van der Waals surface area (Å²) in [7, 11) is 1.60. The van der Waals surface area contributed by atoms with Crippen LogP contribution < -0.4 is 10.1 Å². The minimum atomic E-state index is -0.449. The highest BCUT2D eigenvalue weighted by atomic mass is 35.5. The average Bonchev–Trinajstić information content (AvgIpc) is 3.22. The number of aryl methyl sites for hydroxylation is 1. The molecule has 8 heteroatoms. The average molecular weight is 453 g/mol. The number of aromatic nitrogens is 3. The zero-order valence-electron chi connectivity index (χ0n) is 16.8. The number of nitrogens with zero attached hydrogens (tertiary/aromatic N) is 3. The second-order valence-corrected chi connectivity index (χ2v) is 7.64. The molecule has 31 heavy (non-hydrogen) atoms. The van der Waals surface area contributed by atoms with Crippen molar-refractivity contribution in [1.82, 2.24) is 14.8 Å². The van der Waals surface area contributed by atoms with Crippen LogP contribution in [0.3, 0.4) is 0 Å². The van der Waals surface area contributed by atoms with Gasteiger partial charge < -0.3 is 10.1 Å². The Morgan fingerprint density at radius 2 is 1.81 bits per heavy atom. The number of hydrogen-bond donors (Lipinski definition) is 1. The Balaban J connectivity index is 1.74. The Bertz CT molecular complexity index is 1250. The van der Waals surface area contributed by atoms with E-state index < -0.39 is 5.91 Å². The quantitative estimate of drug-likeness (QED) is 0.414. The van der Waals surface area contributed by atoms with Crippen LogP contribution in [0.1, 0.15) is 16.2 Å². The van der Waals surface area contributed by atoms with Gasteiger partial charge >= 0.3 is 0 Å². The third-order valence-corrected chi connectivity index (χ3v) is 5.28. The van der Waals surface area contributed by atoms with Gasteiger partial charge in [0.1, 0.15) is 5.75 Å². The number of amides is 1. The van der Waals surface area contributed by atoms with E-state index in [1.165, 1.54) is 0 Å². The van der Waals surface area contributed by atoms with Gasteiger partial charge in [0, 0.05) is 21.3 Å². The largest absolute Gasteiger partial charge is 0.497 e. The lowest BCUT2D eigenvalue weighted by atomic mass is 10.2. The number of methoxy groups -OCH3 is 1. The zero-order valence-corrected chi connectivity index (χ0v) is 18.3. The van der Waals surface area contributed by atoms with Crippen LogP contribution in [0.25, 0.3) is 17.1 Å². The van der Waals surface area contributed by atoms with Crippen LogP contribution in [-0.2, 0) is 0 Å². The number of carbonyl (C=O) groups excluding carboxylic acids is 1. The molecule has 3 aromatic carbocycles. The second kappa shape index (κ2) is 8.79. The SMILES string of the molecule is COc1ccc(-n2nc(C(=O)Nc3ccc(C)c(Cl)c3)nc2-c2cccc(Cl)c2)cc1. The molecule has 0 saturated heterocycles. The third-order valence-electron chi connectivity index (χ3n) is 4.64. The fourth-order valence-corrected chi connectivity index (χ4v) is 3.35. The molecule has 0 aliphatic rings. The number of rotatable bonds is 5. The van der Waals surface area contributed by atoms with Crippen LogP contribution in [0, 0.1) is 6.92 Å². The summed E-state index contributed by atoms with van der Waals surface area (Å²) in [6, 6.07) is 19.8. The smallest absolute Gasteiger partial charge is 0.295 e. The molecule has 1 N–H and O–H groups in total. The maximum atomic E-state index is 12.9. The Morgan fingerprint density at radius 3 is 2.48 bits per heavy atom. The van der Waals surface area contributed by atoms with Crippen molar-refractivity contribution in [3.05, 3.63) is 88.2 Å². The standard InChI is InChI=1S/C23H18Cl2N4O2/c1-14-6-7-17(13-20(14)25)26-23(30)21-27-22(15-4-3-5-16(24)12-15)29(28-21)18-8-10-19(31-2)11-9-18/h3-13H,1-2H3,(H,26,30). The van der Waals surface area contributed by atoms with E-state index in [0.29, 0.717) is 27.3 Å². The molecule has 156 valence electrons. The Morgan fingerprint density at radius 1 is 1.03 bits per heavy atom. The fraction of sp³-hybridized carbons (Fsp3) is 0.0870. The highest BCUT2D eigenvalue weighted by Gasteiger charge is 2.19. The van der Waals surface area contributed by atoms with E-state index in [1.54, 1.807) is 36.1 Å². The van der Waals surface area contributed by atoms with E-state index in [0.717, 1.165) is 16.8 Å². The van der Waals surface area contributed by atoms with Gasteiger partial charge in [0.15, 0.2) is 5.82 Å². The summed E-state index contributed by atoms with van der Waals surface area (Å²) in [5.74, 6) is 0.764.